The van der Waals surface area contributed by atoms with Crippen molar-refractivity contribution in [2.45, 2.75) is 24.7 Å². The second-order valence-corrected chi connectivity index (χ2v) is 7.58. The van der Waals surface area contributed by atoms with E-state index in [4.69, 9.17) is 11.6 Å². The Labute approximate surface area is 173 Å². The maximum absolute atomic E-state index is 12.4. The number of rotatable bonds is 8. The smallest absolute Gasteiger partial charge is 0.230 e. The van der Waals surface area contributed by atoms with Crippen molar-refractivity contribution in [3.63, 3.8) is 0 Å². The maximum atomic E-state index is 12.4. The van der Waals surface area contributed by atoms with Gasteiger partial charge in [0.15, 0.2) is 11.0 Å². The lowest BCUT2D eigenvalue weighted by Gasteiger charge is -2.14. The third-order valence-corrected chi connectivity index (χ3v) is 5.32. The highest BCUT2D eigenvalue weighted by Gasteiger charge is 2.16. The molecule has 0 aliphatic heterocycles. The summed E-state index contributed by atoms with van der Waals surface area (Å²) in [5, 5.41) is 12.9. The highest BCUT2D eigenvalue weighted by molar-refractivity contribution is 7.99. The molecule has 0 aliphatic rings. The van der Waals surface area contributed by atoms with E-state index < -0.39 is 0 Å². The van der Waals surface area contributed by atoms with Crippen LogP contribution < -0.4 is 5.32 Å². The van der Waals surface area contributed by atoms with Crippen molar-refractivity contribution in [2.24, 2.45) is 0 Å². The lowest BCUT2D eigenvalue weighted by atomic mass is 10.1. The minimum atomic E-state index is -0.127. The van der Waals surface area contributed by atoms with Crippen molar-refractivity contribution in [3.8, 4) is 11.4 Å². The molecule has 7 heteroatoms. The summed E-state index contributed by atoms with van der Waals surface area (Å²) in [6.45, 7) is 6.31. The lowest BCUT2D eigenvalue weighted by Crippen LogP contribution is -2.28. The van der Waals surface area contributed by atoms with E-state index in [1.165, 1.54) is 11.8 Å². The Bertz CT molecular complexity index is 958. The molecule has 0 radical (unpaired) electrons. The molecular weight excluding hydrogens is 392 g/mol. The third-order valence-electron chi connectivity index (χ3n) is 4.12. The second-order valence-electron chi connectivity index (χ2n) is 6.20. The first kappa shape index (κ1) is 20.2. The number of halogens is 1. The highest BCUT2D eigenvalue weighted by atomic mass is 35.5. The van der Waals surface area contributed by atoms with Gasteiger partial charge in [-0.05, 0) is 24.6 Å². The van der Waals surface area contributed by atoms with Crippen LogP contribution in [-0.4, -0.2) is 26.4 Å². The van der Waals surface area contributed by atoms with Gasteiger partial charge in [-0.25, -0.2) is 0 Å². The van der Waals surface area contributed by atoms with Crippen LogP contribution in [0.25, 0.3) is 11.4 Å². The number of allylic oxidation sites excluding steroid dienone is 1. The Balaban J connectivity index is 1.66. The minimum Gasteiger partial charge on any atom is -0.349 e. The molecule has 28 heavy (non-hydrogen) atoms. The molecule has 2 aromatic carbocycles. The van der Waals surface area contributed by atoms with Crippen LogP contribution in [0.2, 0.25) is 5.02 Å². The van der Waals surface area contributed by atoms with Crippen LogP contribution in [0.15, 0.2) is 72.4 Å². The summed E-state index contributed by atoms with van der Waals surface area (Å²) in [6.07, 6.45) is 1.79. The number of nitrogens with zero attached hydrogens (tertiary/aromatic N) is 3. The number of amides is 1. The van der Waals surface area contributed by atoms with Gasteiger partial charge in [0.1, 0.15) is 0 Å². The molecule has 0 unspecified atom stereocenters. The average molecular weight is 413 g/mol. The molecule has 0 bridgehead atoms. The monoisotopic (exact) mass is 412 g/mol. The number of carbonyl (C=O) groups excluding carboxylic acids is 1. The molecule has 0 spiro atoms. The van der Waals surface area contributed by atoms with E-state index >= 15 is 0 Å². The summed E-state index contributed by atoms with van der Waals surface area (Å²) in [5.74, 6) is 0.928. The van der Waals surface area contributed by atoms with Crippen LogP contribution >= 0.6 is 23.4 Å². The topological polar surface area (TPSA) is 59.8 Å². The Hall–Kier alpha value is -2.57. The van der Waals surface area contributed by atoms with Crippen LogP contribution in [0, 0.1) is 0 Å². The van der Waals surface area contributed by atoms with E-state index in [2.05, 4.69) is 22.1 Å². The number of nitrogens with one attached hydrogen (secondary N) is 1. The summed E-state index contributed by atoms with van der Waals surface area (Å²) in [7, 11) is 0. The molecular formula is C21H21ClN4OS. The molecule has 1 N–H and O–H groups in total. The van der Waals surface area contributed by atoms with Crippen molar-refractivity contribution in [1.82, 2.24) is 20.1 Å². The molecule has 0 aliphatic carbocycles. The van der Waals surface area contributed by atoms with Gasteiger partial charge >= 0.3 is 0 Å². The van der Waals surface area contributed by atoms with E-state index in [9.17, 15) is 4.79 Å². The SMILES string of the molecule is C=CCn1c(SCC(=O)N[C@H](C)c2cccc(Cl)c2)nnc1-c1ccccc1. The maximum Gasteiger partial charge on any atom is 0.230 e. The van der Waals surface area contributed by atoms with E-state index in [0.29, 0.717) is 16.7 Å². The molecule has 0 saturated carbocycles. The lowest BCUT2D eigenvalue weighted by molar-refractivity contribution is -0.119. The van der Waals surface area contributed by atoms with Gasteiger partial charge in [-0.3, -0.25) is 9.36 Å². The van der Waals surface area contributed by atoms with Gasteiger partial charge in [-0.1, -0.05) is 71.9 Å². The van der Waals surface area contributed by atoms with Crippen LogP contribution in [-0.2, 0) is 11.3 Å². The first-order chi connectivity index (χ1) is 13.6. The molecule has 3 aromatic rings. The zero-order valence-corrected chi connectivity index (χ0v) is 17.1. The summed E-state index contributed by atoms with van der Waals surface area (Å²) in [4.78, 5) is 12.4. The average Bonchev–Trinajstić information content (AvgIpc) is 3.10. The van der Waals surface area contributed by atoms with Gasteiger partial charge in [0.2, 0.25) is 5.91 Å². The van der Waals surface area contributed by atoms with Gasteiger partial charge in [-0.2, -0.15) is 0 Å². The fraction of sp³-hybridized carbons (Fsp3) is 0.190. The van der Waals surface area contributed by atoms with Gasteiger partial charge in [0.05, 0.1) is 11.8 Å². The molecule has 0 fully saturated rings. The molecule has 1 atom stereocenters. The van der Waals surface area contributed by atoms with Crippen molar-refractivity contribution in [2.75, 3.05) is 5.75 Å². The molecule has 1 heterocycles. The number of aromatic nitrogens is 3. The number of carbonyl (C=O) groups is 1. The van der Waals surface area contributed by atoms with Crippen LogP contribution in [0.3, 0.4) is 0 Å². The van der Waals surface area contributed by atoms with Crippen molar-refractivity contribution < 1.29 is 4.79 Å². The van der Waals surface area contributed by atoms with E-state index in [0.717, 1.165) is 17.0 Å². The predicted molar refractivity (Wildman–Crippen MR) is 114 cm³/mol. The minimum absolute atomic E-state index is 0.0770. The molecule has 5 nitrogen and oxygen atoms in total. The normalized spacial score (nSPS) is 11.8. The highest BCUT2D eigenvalue weighted by Crippen LogP contribution is 2.24. The number of hydrogen-bond donors (Lipinski definition) is 1. The van der Waals surface area contributed by atoms with E-state index in [-0.39, 0.29) is 17.7 Å². The molecule has 0 saturated heterocycles. The largest absolute Gasteiger partial charge is 0.349 e. The predicted octanol–water partition coefficient (Wildman–Crippen LogP) is 4.75. The summed E-state index contributed by atoms with van der Waals surface area (Å²) >= 11 is 7.38. The zero-order chi connectivity index (χ0) is 19.9. The molecule has 1 aromatic heterocycles. The summed E-state index contributed by atoms with van der Waals surface area (Å²) in [6, 6.07) is 17.2. The van der Waals surface area contributed by atoms with Crippen molar-refractivity contribution in [3.05, 3.63) is 77.8 Å². The van der Waals surface area contributed by atoms with Crippen molar-refractivity contribution in [1.29, 1.82) is 0 Å². The Morgan fingerprint density at radius 1 is 1.25 bits per heavy atom. The fourth-order valence-electron chi connectivity index (χ4n) is 2.76. The molecule has 1 amide bonds. The second kappa shape index (κ2) is 9.57. The quantitative estimate of drug-likeness (QED) is 0.428. The van der Waals surface area contributed by atoms with E-state index in [1.54, 1.807) is 6.08 Å². The number of benzene rings is 2. The Kier molecular flexibility index (Phi) is 6.90. The Morgan fingerprint density at radius 3 is 2.75 bits per heavy atom. The molecule has 144 valence electrons. The van der Waals surface area contributed by atoms with Gasteiger partial charge in [0, 0.05) is 17.1 Å². The number of hydrogen-bond acceptors (Lipinski definition) is 4. The van der Waals surface area contributed by atoms with Gasteiger partial charge < -0.3 is 5.32 Å². The third kappa shape index (κ3) is 5.03. The van der Waals surface area contributed by atoms with Gasteiger partial charge in [0.25, 0.3) is 0 Å². The van der Waals surface area contributed by atoms with Crippen LogP contribution in [0.4, 0.5) is 0 Å². The standard InChI is InChI=1S/C21H21ClN4OS/c1-3-12-26-20(16-8-5-4-6-9-16)24-25-21(26)28-14-19(27)23-15(2)17-10-7-11-18(22)13-17/h3-11,13,15H,1,12,14H2,2H3,(H,23,27)/t15-/m1/s1. The molecule has 3 rings (SSSR count). The van der Waals surface area contributed by atoms with Crippen molar-refractivity contribution >= 4 is 29.3 Å². The fourth-order valence-corrected chi connectivity index (χ4v) is 3.72. The number of thioether (sulfide) groups is 1. The first-order valence-electron chi connectivity index (χ1n) is 8.85. The van der Waals surface area contributed by atoms with Crippen LogP contribution in [0.5, 0.6) is 0 Å². The van der Waals surface area contributed by atoms with Crippen LogP contribution in [0.1, 0.15) is 18.5 Å². The van der Waals surface area contributed by atoms with E-state index in [1.807, 2.05) is 66.1 Å². The van der Waals surface area contributed by atoms with Gasteiger partial charge in [-0.15, -0.1) is 16.8 Å². The first-order valence-corrected chi connectivity index (χ1v) is 10.2. The zero-order valence-electron chi connectivity index (χ0n) is 15.5. The summed E-state index contributed by atoms with van der Waals surface area (Å²) < 4.78 is 1.96. The summed E-state index contributed by atoms with van der Waals surface area (Å²) in [5.41, 5.74) is 1.94. The Morgan fingerprint density at radius 2 is 2.04 bits per heavy atom.